The van der Waals surface area contributed by atoms with E-state index in [1.807, 2.05) is 37.5 Å². The SMILES string of the molecule is CCN1CC(n2cc(-c3cnc4ccc(Sc5nnc6ccc(C)nn56)cc4c3)cn2)C1. The predicted octanol–water partition coefficient (Wildman–Crippen LogP) is 3.87. The normalized spacial score (nSPS) is 14.9. The Morgan fingerprint density at radius 2 is 1.94 bits per heavy atom. The van der Waals surface area contributed by atoms with E-state index < -0.39 is 0 Å². The Balaban J connectivity index is 1.28. The average molecular weight is 443 g/mol. The molecule has 8 nitrogen and oxygen atoms in total. The van der Waals surface area contributed by atoms with E-state index in [-0.39, 0.29) is 0 Å². The zero-order valence-electron chi connectivity index (χ0n) is 17.9. The van der Waals surface area contributed by atoms with E-state index in [1.54, 1.807) is 16.3 Å². The molecule has 0 bridgehead atoms. The van der Waals surface area contributed by atoms with Crippen LogP contribution < -0.4 is 0 Å². The van der Waals surface area contributed by atoms with Gasteiger partial charge in [0.1, 0.15) is 0 Å². The third-order valence-corrected chi connectivity index (χ3v) is 6.85. The van der Waals surface area contributed by atoms with Gasteiger partial charge in [-0.2, -0.15) is 14.7 Å². The van der Waals surface area contributed by atoms with Crippen LogP contribution in [0.2, 0.25) is 0 Å². The summed E-state index contributed by atoms with van der Waals surface area (Å²) in [6.45, 7) is 7.39. The van der Waals surface area contributed by atoms with Gasteiger partial charge in [-0.25, -0.2) is 0 Å². The molecule has 5 heterocycles. The standard InChI is InChI=1S/C23H22N8S/c1-3-29-13-19(14-29)30-12-18(11-25-30)17-8-16-9-20(5-6-21(16)24-10-17)32-23-27-26-22-7-4-15(2)28-31(22)23/h4-12,19H,3,13-14H2,1-2H3. The fourth-order valence-electron chi connectivity index (χ4n) is 4.02. The lowest BCUT2D eigenvalue weighted by Crippen LogP contribution is -2.47. The van der Waals surface area contributed by atoms with Crippen molar-refractivity contribution in [3.05, 3.63) is 60.7 Å². The first-order valence-corrected chi connectivity index (χ1v) is 11.5. The summed E-state index contributed by atoms with van der Waals surface area (Å²) in [5.41, 5.74) is 4.80. The van der Waals surface area contributed by atoms with Gasteiger partial charge >= 0.3 is 0 Å². The van der Waals surface area contributed by atoms with E-state index >= 15 is 0 Å². The van der Waals surface area contributed by atoms with Crippen molar-refractivity contribution in [3.63, 3.8) is 0 Å². The molecule has 0 spiro atoms. The first kappa shape index (κ1) is 19.4. The molecule has 0 saturated carbocycles. The second kappa shape index (κ2) is 7.68. The molecule has 1 aliphatic heterocycles. The van der Waals surface area contributed by atoms with Crippen molar-refractivity contribution in [1.29, 1.82) is 0 Å². The number of hydrogen-bond acceptors (Lipinski definition) is 7. The van der Waals surface area contributed by atoms with Crippen molar-refractivity contribution >= 4 is 28.3 Å². The van der Waals surface area contributed by atoms with Crippen LogP contribution >= 0.6 is 11.8 Å². The Kier molecular flexibility index (Phi) is 4.65. The van der Waals surface area contributed by atoms with Gasteiger partial charge in [0, 0.05) is 46.9 Å². The molecule has 0 unspecified atom stereocenters. The number of likely N-dealkylation sites (N-methyl/N-ethyl adjacent to an activating group) is 1. The summed E-state index contributed by atoms with van der Waals surface area (Å²) in [5, 5.41) is 19.5. The molecular formula is C23H22N8S. The fraction of sp³-hybridized carbons (Fsp3) is 0.261. The minimum atomic E-state index is 0.468. The van der Waals surface area contributed by atoms with Gasteiger partial charge < -0.3 is 0 Å². The second-order valence-electron chi connectivity index (χ2n) is 8.12. The van der Waals surface area contributed by atoms with Crippen LogP contribution in [-0.2, 0) is 0 Å². The molecule has 4 aromatic heterocycles. The quantitative estimate of drug-likeness (QED) is 0.409. The maximum absolute atomic E-state index is 4.67. The largest absolute Gasteiger partial charge is 0.299 e. The van der Waals surface area contributed by atoms with Crippen LogP contribution in [0, 0.1) is 6.92 Å². The lowest BCUT2D eigenvalue weighted by atomic mass is 10.1. The lowest BCUT2D eigenvalue weighted by molar-refractivity contribution is 0.105. The smallest absolute Gasteiger partial charge is 0.217 e. The Morgan fingerprint density at radius 1 is 1.03 bits per heavy atom. The van der Waals surface area contributed by atoms with Crippen LogP contribution in [0.5, 0.6) is 0 Å². The maximum atomic E-state index is 4.67. The summed E-state index contributed by atoms with van der Waals surface area (Å²) >= 11 is 1.55. The zero-order chi connectivity index (χ0) is 21.7. The number of hydrogen-bond donors (Lipinski definition) is 0. The highest BCUT2D eigenvalue weighted by Gasteiger charge is 2.27. The van der Waals surface area contributed by atoms with Gasteiger partial charge in [0.05, 0.1) is 23.4 Å². The second-order valence-corrected chi connectivity index (χ2v) is 9.16. The summed E-state index contributed by atoms with van der Waals surface area (Å²) in [7, 11) is 0. The third kappa shape index (κ3) is 3.43. The van der Waals surface area contributed by atoms with Crippen molar-refractivity contribution < 1.29 is 0 Å². The van der Waals surface area contributed by atoms with Crippen molar-refractivity contribution in [1.82, 2.24) is 39.5 Å². The van der Waals surface area contributed by atoms with Gasteiger partial charge in [0.2, 0.25) is 5.16 Å². The number of nitrogens with zero attached hydrogens (tertiary/aromatic N) is 8. The van der Waals surface area contributed by atoms with Gasteiger partial charge in [-0.3, -0.25) is 14.6 Å². The zero-order valence-corrected chi connectivity index (χ0v) is 18.7. The summed E-state index contributed by atoms with van der Waals surface area (Å²) in [6, 6.07) is 12.8. The van der Waals surface area contributed by atoms with E-state index in [0.29, 0.717) is 6.04 Å². The van der Waals surface area contributed by atoms with Crippen LogP contribution in [0.1, 0.15) is 18.7 Å². The average Bonchev–Trinajstić information content (AvgIpc) is 3.40. The molecule has 5 aromatic rings. The first-order valence-electron chi connectivity index (χ1n) is 10.7. The lowest BCUT2D eigenvalue weighted by Gasteiger charge is -2.38. The van der Waals surface area contributed by atoms with E-state index in [2.05, 4.69) is 66.3 Å². The van der Waals surface area contributed by atoms with Crippen LogP contribution in [0.3, 0.4) is 0 Å². The molecule has 6 rings (SSSR count). The van der Waals surface area contributed by atoms with Gasteiger partial charge in [0.15, 0.2) is 5.65 Å². The van der Waals surface area contributed by atoms with E-state index in [9.17, 15) is 0 Å². The summed E-state index contributed by atoms with van der Waals surface area (Å²) < 4.78 is 3.87. The highest BCUT2D eigenvalue weighted by atomic mass is 32.2. The minimum absolute atomic E-state index is 0.468. The Morgan fingerprint density at radius 3 is 2.81 bits per heavy atom. The highest BCUT2D eigenvalue weighted by molar-refractivity contribution is 7.99. The molecule has 160 valence electrons. The number of aromatic nitrogens is 7. The molecular weight excluding hydrogens is 420 g/mol. The molecule has 0 N–H and O–H groups in total. The Hall–Kier alpha value is -3.30. The minimum Gasteiger partial charge on any atom is -0.299 e. The van der Waals surface area contributed by atoms with Crippen molar-refractivity contribution in [2.24, 2.45) is 0 Å². The molecule has 1 aliphatic rings. The molecule has 0 aliphatic carbocycles. The number of benzene rings is 1. The number of likely N-dealkylation sites (tertiary alicyclic amines) is 1. The van der Waals surface area contributed by atoms with Crippen molar-refractivity contribution in [2.75, 3.05) is 19.6 Å². The molecule has 32 heavy (non-hydrogen) atoms. The van der Waals surface area contributed by atoms with Crippen LogP contribution in [0.4, 0.5) is 0 Å². The van der Waals surface area contributed by atoms with E-state index in [4.69, 9.17) is 0 Å². The van der Waals surface area contributed by atoms with Crippen molar-refractivity contribution in [3.8, 4) is 11.1 Å². The van der Waals surface area contributed by atoms with Crippen LogP contribution in [0.25, 0.3) is 27.7 Å². The van der Waals surface area contributed by atoms with Gasteiger partial charge in [-0.05, 0) is 61.6 Å². The Bertz CT molecular complexity index is 1430. The highest BCUT2D eigenvalue weighted by Crippen LogP contribution is 2.31. The van der Waals surface area contributed by atoms with Gasteiger partial charge in [0.25, 0.3) is 0 Å². The van der Waals surface area contributed by atoms with E-state index in [0.717, 1.165) is 63.1 Å². The molecule has 0 radical (unpaired) electrons. The Labute approximate surface area is 189 Å². The predicted molar refractivity (Wildman–Crippen MR) is 124 cm³/mol. The topological polar surface area (TPSA) is 77.0 Å². The summed E-state index contributed by atoms with van der Waals surface area (Å²) in [5.74, 6) is 0. The fourth-order valence-corrected chi connectivity index (χ4v) is 4.85. The van der Waals surface area contributed by atoms with Crippen molar-refractivity contribution in [2.45, 2.75) is 29.9 Å². The molecule has 1 fully saturated rings. The first-order chi connectivity index (χ1) is 15.7. The molecule has 9 heteroatoms. The molecule has 1 aromatic carbocycles. The van der Waals surface area contributed by atoms with Gasteiger partial charge in [-0.15, -0.1) is 10.2 Å². The number of fused-ring (bicyclic) bond motifs is 2. The third-order valence-electron chi connectivity index (χ3n) is 5.92. The molecule has 1 saturated heterocycles. The maximum Gasteiger partial charge on any atom is 0.217 e. The van der Waals surface area contributed by atoms with Crippen LogP contribution in [-0.4, -0.2) is 59.1 Å². The number of aryl methyl sites for hydroxylation is 1. The summed E-state index contributed by atoms with van der Waals surface area (Å²) in [4.78, 5) is 8.15. The van der Waals surface area contributed by atoms with E-state index in [1.165, 1.54) is 0 Å². The van der Waals surface area contributed by atoms with Gasteiger partial charge in [-0.1, -0.05) is 6.92 Å². The monoisotopic (exact) mass is 442 g/mol. The number of pyridine rings is 1. The number of rotatable bonds is 5. The molecule has 0 amide bonds. The van der Waals surface area contributed by atoms with Crippen LogP contribution in [0.15, 0.2) is 65.0 Å². The summed E-state index contributed by atoms with van der Waals surface area (Å²) in [6.07, 6.45) is 6.00. The molecule has 0 atom stereocenters.